The van der Waals surface area contributed by atoms with E-state index in [1.807, 2.05) is 47.7 Å². The van der Waals surface area contributed by atoms with Gasteiger partial charge in [-0.2, -0.15) is 0 Å². The first-order chi connectivity index (χ1) is 12.2. The van der Waals surface area contributed by atoms with Gasteiger partial charge in [0.25, 0.3) is 5.91 Å². The first kappa shape index (κ1) is 16.7. The molecule has 0 bridgehead atoms. The Morgan fingerprint density at radius 2 is 2.08 bits per heavy atom. The van der Waals surface area contributed by atoms with E-state index in [9.17, 15) is 4.79 Å². The fraction of sp³-hybridized carbons (Fsp3) is 0.500. The number of rotatable bonds is 3. The van der Waals surface area contributed by atoms with Crippen molar-refractivity contribution in [2.75, 3.05) is 20.2 Å². The van der Waals surface area contributed by atoms with Crippen LogP contribution in [0, 0.1) is 5.41 Å². The Hall–Kier alpha value is -1.72. The molecule has 1 amide bonds. The maximum absolute atomic E-state index is 13.0. The van der Waals surface area contributed by atoms with Crippen LogP contribution in [0.5, 0.6) is 0 Å². The molecule has 132 valence electrons. The van der Waals surface area contributed by atoms with Gasteiger partial charge in [0.05, 0.1) is 6.10 Å². The van der Waals surface area contributed by atoms with Gasteiger partial charge in [-0.25, -0.2) is 4.98 Å². The monoisotopic (exact) mass is 356 g/mol. The molecule has 1 aromatic carbocycles. The summed E-state index contributed by atoms with van der Waals surface area (Å²) < 4.78 is 5.75. The van der Waals surface area contributed by atoms with Gasteiger partial charge < -0.3 is 9.64 Å². The van der Waals surface area contributed by atoms with Crippen molar-refractivity contribution < 1.29 is 9.53 Å². The Morgan fingerprint density at radius 1 is 1.28 bits per heavy atom. The topological polar surface area (TPSA) is 42.4 Å². The fourth-order valence-electron chi connectivity index (χ4n) is 4.52. The Balaban J connectivity index is 1.52. The van der Waals surface area contributed by atoms with Gasteiger partial charge in [0.2, 0.25) is 0 Å². The van der Waals surface area contributed by atoms with Gasteiger partial charge in [-0.05, 0) is 25.7 Å². The van der Waals surface area contributed by atoms with Crippen molar-refractivity contribution in [3.8, 4) is 10.6 Å². The third kappa shape index (κ3) is 3.11. The Kier molecular flexibility index (Phi) is 4.61. The van der Waals surface area contributed by atoms with Crippen LogP contribution >= 0.6 is 11.3 Å². The van der Waals surface area contributed by atoms with Crippen LogP contribution in [0.2, 0.25) is 0 Å². The summed E-state index contributed by atoms with van der Waals surface area (Å²) in [6.45, 7) is 1.64. The molecule has 2 fully saturated rings. The van der Waals surface area contributed by atoms with Crippen LogP contribution in [0.3, 0.4) is 0 Å². The summed E-state index contributed by atoms with van der Waals surface area (Å²) in [4.78, 5) is 19.6. The minimum absolute atomic E-state index is 0.0688. The highest BCUT2D eigenvalue weighted by Gasteiger charge is 2.46. The summed E-state index contributed by atoms with van der Waals surface area (Å²) in [6.07, 6.45) is 6.01. The van der Waals surface area contributed by atoms with Crippen LogP contribution in [0.4, 0.5) is 0 Å². The second-order valence-corrected chi connectivity index (χ2v) is 8.07. The van der Waals surface area contributed by atoms with E-state index in [0.717, 1.165) is 36.5 Å². The van der Waals surface area contributed by atoms with Crippen LogP contribution < -0.4 is 0 Å². The first-order valence-electron chi connectivity index (χ1n) is 9.05. The summed E-state index contributed by atoms with van der Waals surface area (Å²) in [6, 6.07) is 10.1. The molecular weight excluding hydrogens is 332 g/mol. The van der Waals surface area contributed by atoms with E-state index in [4.69, 9.17) is 4.74 Å². The van der Waals surface area contributed by atoms with Gasteiger partial charge in [-0.3, -0.25) is 4.79 Å². The predicted molar refractivity (Wildman–Crippen MR) is 99.8 cm³/mol. The summed E-state index contributed by atoms with van der Waals surface area (Å²) in [5, 5.41) is 2.81. The van der Waals surface area contributed by atoms with Gasteiger partial charge in [-0.15, -0.1) is 11.3 Å². The smallest absolute Gasteiger partial charge is 0.273 e. The van der Waals surface area contributed by atoms with Crippen LogP contribution in [0.1, 0.15) is 42.6 Å². The summed E-state index contributed by atoms with van der Waals surface area (Å²) >= 11 is 1.54. The number of methoxy groups -OCH3 is 1. The lowest BCUT2D eigenvalue weighted by Crippen LogP contribution is -2.49. The number of hydrogen-bond donors (Lipinski definition) is 0. The van der Waals surface area contributed by atoms with E-state index in [-0.39, 0.29) is 11.3 Å². The molecule has 2 aromatic rings. The third-order valence-corrected chi connectivity index (χ3v) is 6.64. The van der Waals surface area contributed by atoms with Crippen LogP contribution in [-0.4, -0.2) is 42.1 Å². The molecule has 1 spiro atoms. The molecule has 4 nitrogen and oxygen atoms in total. The van der Waals surface area contributed by atoms with E-state index in [1.54, 1.807) is 11.3 Å². The van der Waals surface area contributed by atoms with Gasteiger partial charge in [-0.1, -0.05) is 36.8 Å². The zero-order valence-electron chi connectivity index (χ0n) is 14.6. The van der Waals surface area contributed by atoms with Crippen LogP contribution in [0.15, 0.2) is 35.7 Å². The van der Waals surface area contributed by atoms with Crippen molar-refractivity contribution in [3.05, 3.63) is 41.4 Å². The SMILES string of the molecule is CO[C@@H]1CCC[C@]12CCCN(C(=O)c1csc(-c3ccccc3)n1)C2. The van der Waals surface area contributed by atoms with Crippen molar-refractivity contribution in [1.29, 1.82) is 0 Å². The minimum Gasteiger partial charge on any atom is -0.381 e. The second-order valence-electron chi connectivity index (χ2n) is 7.21. The molecule has 2 aliphatic rings. The van der Waals surface area contributed by atoms with Crippen molar-refractivity contribution >= 4 is 17.2 Å². The van der Waals surface area contributed by atoms with Gasteiger partial charge >= 0.3 is 0 Å². The third-order valence-electron chi connectivity index (χ3n) is 5.75. The lowest BCUT2D eigenvalue weighted by Gasteiger charge is -2.43. The molecule has 4 rings (SSSR count). The fourth-order valence-corrected chi connectivity index (χ4v) is 5.32. The molecule has 25 heavy (non-hydrogen) atoms. The molecule has 1 aliphatic carbocycles. The van der Waals surface area contributed by atoms with Gasteiger partial charge in [0, 0.05) is 36.6 Å². The number of carbonyl (C=O) groups is 1. The standard InChI is InChI=1S/C20H24N2O2S/c1-24-17-9-5-10-20(17)11-6-12-22(14-20)19(23)16-13-25-18(21-16)15-7-3-2-4-8-15/h2-4,7-8,13,17H,5-6,9-12,14H2,1H3/t17-,20-/m1/s1. The molecule has 1 saturated heterocycles. The van der Waals surface area contributed by atoms with Gasteiger partial charge in [0.15, 0.2) is 0 Å². The lowest BCUT2D eigenvalue weighted by molar-refractivity contribution is -0.0296. The lowest BCUT2D eigenvalue weighted by atomic mass is 9.76. The van der Waals surface area contributed by atoms with E-state index in [0.29, 0.717) is 11.8 Å². The highest BCUT2D eigenvalue weighted by Crippen LogP contribution is 2.46. The first-order valence-corrected chi connectivity index (χ1v) is 9.93. The maximum atomic E-state index is 13.0. The number of hydrogen-bond acceptors (Lipinski definition) is 4. The van der Waals surface area contributed by atoms with Crippen molar-refractivity contribution in [2.24, 2.45) is 5.41 Å². The Bertz CT molecular complexity index is 745. The number of ether oxygens (including phenoxy) is 1. The molecule has 0 radical (unpaired) electrons. The quantitative estimate of drug-likeness (QED) is 0.826. The number of amides is 1. The number of likely N-dealkylation sites (tertiary alicyclic amines) is 1. The number of nitrogens with zero attached hydrogens (tertiary/aromatic N) is 2. The highest BCUT2D eigenvalue weighted by atomic mass is 32.1. The molecule has 2 heterocycles. The zero-order chi connectivity index (χ0) is 17.3. The molecule has 1 aromatic heterocycles. The van der Waals surface area contributed by atoms with Gasteiger partial charge in [0.1, 0.15) is 10.7 Å². The van der Waals surface area contributed by atoms with Crippen LogP contribution in [-0.2, 0) is 4.74 Å². The van der Waals surface area contributed by atoms with E-state index in [1.165, 1.54) is 19.3 Å². The zero-order valence-corrected chi connectivity index (χ0v) is 15.4. The number of carbonyl (C=O) groups excluding carboxylic acids is 1. The maximum Gasteiger partial charge on any atom is 0.273 e. The average Bonchev–Trinajstić information content (AvgIpc) is 3.29. The summed E-state index contributed by atoms with van der Waals surface area (Å²) in [5.74, 6) is 0.0688. The number of thiazole rings is 1. The summed E-state index contributed by atoms with van der Waals surface area (Å²) in [7, 11) is 1.81. The molecule has 0 N–H and O–H groups in total. The molecule has 1 aliphatic heterocycles. The molecule has 1 saturated carbocycles. The van der Waals surface area contributed by atoms with Crippen LogP contribution in [0.25, 0.3) is 10.6 Å². The van der Waals surface area contributed by atoms with E-state index < -0.39 is 0 Å². The predicted octanol–water partition coefficient (Wildman–Crippen LogP) is 4.23. The summed E-state index contributed by atoms with van der Waals surface area (Å²) in [5.41, 5.74) is 1.80. The number of benzene rings is 1. The molecule has 2 atom stereocenters. The minimum atomic E-state index is 0.0688. The highest BCUT2D eigenvalue weighted by molar-refractivity contribution is 7.13. The van der Waals surface area contributed by atoms with Crippen molar-refractivity contribution in [3.63, 3.8) is 0 Å². The van der Waals surface area contributed by atoms with E-state index >= 15 is 0 Å². The number of piperidine rings is 1. The average molecular weight is 356 g/mol. The van der Waals surface area contributed by atoms with E-state index in [2.05, 4.69) is 4.98 Å². The van der Waals surface area contributed by atoms with Crippen molar-refractivity contribution in [2.45, 2.75) is 38.2 Å². The Morgan fingerprint density at radius 3 is 2.88 bits per heavy atom. The molecule has 5 heteroatoms. The van der Waals surface area contributed by atoms with Crippen molar-refractivity contribution in [1.82, 2.24) is 9.88 Å². The molecular formula is C20H24N2O2S. The molecule has 0 unspecified atom stereocenters. The Labute approximate surface area is 152 Å². The second kappa shape index (κ2) is 6.89. The normalized spacial score (nSPS) is 26.3. The number of aromatic nitrogens is 1. The largest absolute Gasteiger partial charge is 0.381 e.